The van der Waals surface area contributed by atoms with Crippen molar-refractivity contribution in [2.24, 2.45) is 0 Å². The van der Waals surface area contributed by atoms with Gasteiger partial charge >= 0.3 is 0 Å². The average Bonchev–Trinajstić information content (AvgIpc) is 3.29. The van der Waals surface area contributed by atoms with E-state index in [0.29, 0.717) is 22.9 Å². The first kappa shape index (κ1) is 37.6. The van der Waals surface area contributed by atoms with Crippen molar-refractivity contribution >= 4 is 60.5 Å². The van der Waals surface area contributed by atoms with Crippen LogP contribution in [0, 0.1) is 0 Å². The van der Waals surface area contributed by atoms with Crippen molar-refractivity contribution in [2.75, 3.05) is 29.5 Å². The van der Waals surface area contributed by atoms with E-state index in [1.165, 1.54) is 0 Å². The van der Waals surface area contributed by atoms with Crippen molar-refractivity contribution in [1.82, 2.24) is 0 Å². The standard InChI is InChI=1S/C35H46Cl2N2O6S2/c1-34(2)28-24-26(36)16-18-30(28)38(20-9-5-7-11-22-46(40,41)42)32(34)14-13-15-33-35(3,4)29-25-27(37)17-19-31(29)39(33)21-10-6-8-12-23-47(43,44)45/h13-19,24-25H,5-12,20-23H2,1-4H3,(H-,40,41,42,43,44,45)/p+1. The van der Waals surface area contributed by atoms with E-state index in [9.17, 15) is 16.8 Å². The first-order valence-electron chi connectivity index (χ1n) is 16.2. The zero-order valence-corrected chi connectivity index (χ0v) is 30.8. The summed E-state index contributed by atoms with van der Waals surface area (Å²) in [5.74, 6) is -0.422. The van der Waals surface area contributed by atoms with Crippen molar-refractivity contribution in [3.63, 3.8) is 0 Å². The fourth-order valence-electron chi connectivity index (χ4n) is 6.82. The highest BCUT2D eigenvalue weighted by molar-refractivity contribution is 7.86. The Kier molecular flexibility index (Phi) is 12.1. The van der Waals surface area contributed by atoms with E-state index >= 15 is 0 Å². The van der Waals surface area contributed by atoms with Crippen LogP contribution in [-0.2, 0) is 31.1 Å². The van der Waals surface area contributed by atoms with Crippen LogP contribution in [0.15, 0.2) is 60.3 Å². The van der Waals surface area contributed by atoms with E-state index in [1.54, 1.807) is 0 Å². The quantitative estimate of drug-likeness (QED) is 0.101. The minimum atomic E-state index is -3.94. The zero-order valence-electron chi connectivity index (χ0n) is 27.7. The Hall–Kier alpha value is -2.21. The average molecular weight is 727 g/mol. The number of hydrogen-bond acceptors (Lipinski definition) is 5. The minimum absolute atomic E-state index is 0.211. The van der Waals surface area contributed by atoms with Crippen LogP contribution in [0.3, 0.4) is 0 Å². The molecule has 0 bridgehead atoms. The molecule has 2 heterocycles. The third-order valence-corrected chi connectivity index (χ3v) is 11.4. The molecule has 0 unspecified atom stereocenters. The van der Waals surface area contributed by atoms with Gasteiger partial charge in [0.1, 0.15) is 6.54 Å². The van der Waals surface area contributed by atoms with Gasteiger partial charge in [-0.3, -0.25) is 9.11 Å². The fourth-order valence-corrected chi connectivity index (χ4v) is 8.31. The van der Waals surface area contributed by atoms with Gasteiger partial charge in [0.25, 0.3) is 20.2 Å². The molecule has 0 amide bonds. The minimum Gasteiger partial charge on any atom is -0.344 e. The number of nitrogens with zero attached hydrogens (tertiary/aromatic N) is 2. The third-order valence-electron chi connectivity index (χ3n) is 9.28. The summed E-state index contributed by atoms with van der Waals surface area (Å²) in [6.45, 7) is 10.3. The van der Waals surface area contributed by atoms with Crippen molar-refractivity contribution in [3.8, 4) is 0 Å². The van der Waals surface area contributed by atoms with Gasteiger partial charge in [-0.1, -0.05) is 62.4 Å². The summed E-state index contributed by atoms with van der Waals surface area (Å²) >= 11 is 12.9. The van der Waals surface area contributed by atoms with Gasteiger partial charge in [0.15, 0.2) is 5.71 Å². The second kappa shape index (κ2) is 15.1. The lowest BCUT2D eigenvalue weighted by atomic mass is 9.81. The van der Waals surface area contributed by atoms with E-state index in [-0.39, 0.29) is 22.3 Å². The first-order valence-corrected chi connectivity index (χ1v) is 20.2. The molecule has 2 aromatic carbocycles. The highest BCUT2D eigenvalue weighted by Crippen LogP contribution is 2.49. The van der Waals surface area contributed by atoms with Gasteiger partial charge in [0, 0.05) is 57.5 Å². The van der Waals surface area contributed by atoms with Gasteiger partial charge in [-0.2, -0.15) is 21.4 Å². The highest BCUT2D eigenvalue weighted by Gasteiger charge is 2.44. The van der Waals surface area contributed by atoms with Crippen LogP contribution in [-0.4, -0.2) is 60.8 Å². The van der Waals surface area contributed by atoms with E-state index in [4.69, 9.17) is 32.3 Å². The number of rotatable bonds is 16. The maximum absolute atomic E-state index is 11.1. The molecule has 0 saturated carbocycles. The summed E-state index contributed by atoms with van der Waals surface area (Å²) in [6, 6.07) is 12.0. The number of hydrogen-bond donors (Lipinski definition) is 2. The van der Waals surface area contributed by atoms with E-state index < -0.39 is 20.2 Å². The zero-order chi connectivity index (χ0) is 34.6. The summed E-state index contributed by atoms with van der Waals surface area (Å²) in [5.41, 5.74) is 6.22. The molecule has 2 aliphatic rings. The summed E-state index contributed by atoms with van der Waals surface area (Å²) in [4.78, 5) is 2.34. The smallest absolute Gasteiger partial charge is 0.264 e. The molecule has 4 rings (SSSR count). The van der Waals surface area contributed by atoms with Gasteiger partial charge in [0.05, 0.1) is 16.9 Å². The lowest BCUT2D eigenvalue weighted by molar-refractivity contribution is -0.438. The molecule has 0 fully saturated rings. The largest absolute Gasteiger partial charge is 0.344 e. The second-order valence-electron chi connectivity index (χ2n) is 13.6. The van der Waals surface area contributed by atoms with E-state index in [0.717, 1.165) is 85.5 Å². The van der Waals surface area contributed by atoms with Gasteiger partial charge in [-0.15, -0.1) is 0 Å². The Labute approximate surface area is 290 Å². The third kappa shape index (κ3) is 9.49. The normalized spacial score (nSPS) is 18.0. The fraction of sp³-hybridized carbons (Fsp3) is 0.514. The van der Waals surface area contributed by atoms with Crippen molar-refractivity contribution in [2.45, 2.75) is 89.9 Å². The van der Waals surface area contributed by atoms with Gasteiger partial charge < -0.3 is 4.90 Å². The van der Waals surface area contributed by atoms with Crippen LogP contribution >= 0.6 is 23.2 Å². The molecule has 0 aromatic heterocycles. The SMILES string of the molecule is CC1(C)C(=CC=CC2=[N+](CCCCCCS(=O)(=O)O)c3ccc(Cl)cc3C2(C)C)N(CCCCCCS(=O)(=O)O)c2ccc(Cl)cc21. The van der Waals surface area contributed by atoms with Crippen LogP contribution in [0.1, 0.15) is 90.2 Å². The number of allylic oxidation sites excluding steroid dienone is 4. The molecule has 0 saturated heterocycles. The topological polar surface area (TPSA) is 115 Å². The Bertz CT molecular complexity index is 1780. The van der Waals surface area contributed by atoms with Crippen molar-refractivity contribution in [3.05, 3.63) is 81.5 Å². The van der Waals surface area contributed by atoms with Crippen molar-refractivity contribution < 1.29 is 30.5 Å². The maximum atomic E-state index is 11.1. The molecule has 0 radical (unpaired) electrons. The highest BCUT2D eigenvalue weighted by atomic mass is 35.5. The number of benzene rings is 2. The summed E-state index contributed by atoms with van der Waals surface area (Å²) < 4.78 is 64.8. The summed E-state index contributed by atoms with van der Waals surface area (Å²) in [6.07, 6.45) is 12.2. The van der Waals surface area contributed by atoms with E-state index in [2.05, 4.69) is 67.5 Å². The van der Waals surface area contributed by atoms with Gasteiger partial charge in [-0.05, 0) is 81.5 Å². The number of halogens is 2. The number of anilines is 1. The Balaban J connectivity index is 1.59. The molecule has 8 nitrogen and oxygen atoms in total. The Morgan fingerprint density at radius 1 is 0.745 bits per heavy atom. The lowest BCUT2D eigenvalue weighted by Crippen LogP contribution is -2.28. The molecule has 0 atom stereocenters. The predicted molar refractivity (Wildman–Crippen MR) is 193 cm³/mol. The predicted octanol–water partition coefficient (Wildman–Crippen LogP) is 8.50. The Morgan fingerprint density at radius 2 is 1.30 bits per heavy atom. The maximum Gasteiger partial charge on any atom is 0.264 e. The van der Waals surface area contributed by atoms with Crippen LogP contribution in [0.4, 0.5) is 11.4 Å². The van der Waals surface area contributed by atoms with Gasteiger partial charge in [0.2, 0.25) is 5.69 Å². The van der Waals surface area contributed by atoms with Crippen molar-refractivity contribution in [1.29, 1.82) is 0 Å². The molecular formula is C35H47Cl2N2O6S2+. The first-order chi connectivity index (χ1) is 21.9. The Morgan fingerprint density at radius 3 is 1.91 bits per heavy atom. The molecule has 0 spiro atoms. The summed E-state index contributed by atoms with van der Waals surface area (Å²) in [5, 5.41) is 1.37. The van der Waals surface area contributed by atoms with E-state index in [1.807, 2.05) is 24.3 Å². The number of unbranched alkanes of at least 4 members (excludes halogenated alkanes) is 6. The number of fused-ring (bicyclic) bond motifs is 2. The molecule has 0 aliphatic carbocycles. The summed E-state index contributed by atoms with van der Waals surface area (Å²) in [7, 11) is -7.88. The monoisotopic (exact) mass is 725 g/mol. The molecule has 47 heavy (non-hydrogen) atoms. The molecule has 2 N–H and O–H groups in total. The van der Waals surface area contributed by atoms with Crippen LogP contribution < -0.4 is 4.90 Å². The van der Waals surface area contributed by atoms with Gasteiger partial charge in [-0.25, -0.2) is 0 Å². The molecule has 258 valence electrons. The van der Waals surface area contributed by atoms with Crippen LogP contribution in [0.2, 0.25) is 10.0 Å². The van der Waals surface area contributed by atoms with Crippen LogP contribution in [0.25, 0.3) is 0 Å². The van der Waals surface area contributed by atoms with Crippen LogP contribution in [0.5, 0.6) is 0 Å². The molecule has 2 aromatic rings. The molecular weight excluding hydrogens is 679 g/mol. The second-order valence-corrected chi connectivity index (χ2v) is 17.6. The lowest BCUT2D eigenvalue weighted by Gasteiger charge is -2.27. The molecule has 12 heteroatoms. The molecule has 2 aliphatic heterocycles.